The molecule has 0 aliphatic heterocycles. The highest BCUT2D eigenvalue weighted by atomic mass is 16.1. The first kappa shape index (κ1) is 12.7. The lowest BCUT2D eigenvalue weighted by Gasteiger charge is -2.30. The number of carbonyl (C=O) groups excluding carboxylic acids is 1. The predicted octanol–water partition coefficient (Wildman–Crippen LogP) is 2.87. The summed E-state index contributed by atoms with van der Waals surface area (Å²) in [6.07, 6.45) is 8.42. The molecule has 1 fully saturated rings. The summed E-state index contributed by atoms with van der Waals surface area (Å²) in [5.74, 6) is 0. The fourth-order valence-electron chi connectivity index (χ4n) is 2.57. The van der Waals surface area contributed by atoms with Gasteiger partial charge < -0.3 is 9.69 Å². The molecule has 0 amide bonds. The largest absolute Gasteiger partial charge is 0.303 e. The molecule has 88 valence electrons. The molecule has 1 saturated carbocycles. The third-order valence-electron chi connectivity index (χ3n) is 3.66. The third kappa shape index (κ3) is 3.60. The summed E-state index contributed by atoms with van der Waals surface area (Å²) >= 11 is 0. The summed E-state index contributed by atoms with van der Waals surface area (Å²) in [6, 6.07) is 0. The van der Waals surface area contributed by atoms with E-state index < -0.39 is 0 Å². The fraction of sp³-hybridized carbons (Fsp3) is 0.923. The van der Waals surface area contributed by atoms with E-state index in [4.69, 9.17) is 0 Å². The van der Waals surface area contributed by atoms with E-state index in [9.17, 15) is 4.79 Å². The maximum absolute atomic E-state index is 11.2. The Balaban J connectivity index is 2.44. The van der Waals surface area contributed by atoms with Crippen molar-refractivity contribution >= 4 is 6.29 Å². The van der Waals surface area contributed by atoms with Gasteiger partial charge in [0.1, 0.15) is 6.29 Å². The summed E-state index contributed by atoms with van der Waals surface area (Å²) < 4.78 is 0. The minimum atomic E-state index is 0.00372. The second kappa shape index (κ2) is 6.26. The van der Waals surface area contributed by atoms with Gasteiger partial charge in [0, 0.05) is 12.0 Å². The number of carbonyl (C=O) groups is 1. The second-order valence-electron chi connectivity index (χ2n) is 4.91. The van der Waals surface area contributed by atoms with Crippen LogP contribution in [-0.2, 0) is 4.79 Å². The number of nitrogens with zero attached hydrogens (tertiary/aromatic N) is 1. The maximum Gasteiger partial charge on any atom is 0.127 e. The predicted molar refractivity (Wildman–Crippen MR) is 64.0 cm³/mol. The molecule has 0 aromatic heterocycles. The Kier molecular flexibility index (Phi) is 5.30. The summed E-state index contributed by atoms with van der Waals surface area (Å²) in [4.78, 5) is 13.7. The summed E-state index contributed by atoms with van der Waals surface area (Å²) in [7, 11) is 0. The molecule has 1 rings (SSSR count). The van der Waals surface area contributed by atoms with Gasteiger partial charge in [-0.2, -0.15) is 0 Å². The van der Waals surface area contributed by atoms with Gasteiger partial charge in [0.2, 0.25) is 0 Å². The molecule has 0 aromatic rings. The zero-order valence-electron chi connectivity index (χ0n) is 10.3. The van der Waals surface area contributed by atoms with Crippen molar-refractivity contribution in [2.75, 3.05) is 19.6 Å². The molecule has 0 N–H and O–H groups in total. The van der Waals surface area contributed by atoms with Crippen molar-refractivity contribution in [2.45, 2.75) is 52.4 Å². The summed E-state index contributed by atoms with van der Waals surface area (Å²) in [6.45, 7) is 7.65. The highest BCUT2D eigenvalue weighted by molar-refractivity contribution is 5.60. The van der Waals surface area contributed by atoms with Crippen LogP contribution in [0.25, 0.3) is 0 Å². The first-order valence-electron chi connectivity index (χ1n) is 6.45. The van der Waals surface area contributed by atoms with Crippen LogP contribution in [0.5, 0.6) is 0 Å². The molecular formula is C13H25NO. The highest BCUT2D eigenvalue weighted by Gasteiger charge is 2.34. The lowest BCUT2D eigenvalue weighted by molar-refractivity contribution is -0.117. The van der Waals surface area contributed by atoms with Gasteiger partial charge in [-0.3, -0.25) is 0 Å². The van der Waals surface area contributed by atoms with Crippen molar-refractivity contribution in [2.24, 2.45) is 5.41 Å². The van der Waals surface area contributed by atoms with Crippen LogP contribution in [0.15, 0.2) is 0 Å². The zero-order valence-corrected chi connectivity index (χ0v) is 10.3. The van der Waals surface area contributed by atoms with Crippen LogP contribution in [0.3, 0.4) is 0 Å². The first-order chi connectivity index (χ1) is 7.26. The zero-order chi connectivity index (χ0) is 11.1. The summed E-state index contributed by atoms with van der Waals surface area (Å²) in [5.41, 5.74) is 0.00372. The van der Waals surface area contributed by atoms with Crippen LogP contribution in [0.4, 0.5) is 0 Å². The molecular weight excluding hydrogens is 186 g/mol. The van der Waals surface area contributed by atoms with Gasteiger partial charge in [-0.1, -0.05) is 33.1 Å². The monoisotopic (exact) mass is 211 g/mol. The van der Waals surface area contributed by atoms with Crippen LogP contribution in [-0.4, -0.2) is 30.8 Å². The van der Waals surface area contributed by atoms with E-state index in [0.29, 0.717) is 0 Å². The van der Waals surface area contributed by atoms with E-state index in [1.807, 2.05) is 0 Å². The van der Waals surface area contributed by atoms with Gasteiger partial charge >= 0.3 is 0 Å². The number of aldehydes is 1. The van der Waals surface area contributed by atoms with Crippen molar-refractivity contribution in [3.05, 3.63) is 0 Å². The normalized spacial score (nSPS) is 19.7. The molecule has 0 radical (unpaired) electrons. The van der Waals surface area contributed by atoms with Crippen LogP contribution >= 0.6 is 0 Å². The van der Waals surface area contributed by atoms with Gasteiger partial charge in [-0.15, -0.1) is 0 Å². The van der Waals surface area contributed by atoms with Gasteiger partial charge in [0.05, 0.1) is 0 Å². The van der Waals surface area contributed by atoms with Crippen molar-refractivity contribution in [3.63, 3.8) is 0 Å². The molecule has 1 aliphatic carbocycles. The van der Waals surface area contributed by atoms with E-state index in [-0.39, 0.29) is 5.41 Å². The molecule has 0 aromatic carbocycles. The SMILES string of the molecule is CCCCN(CC)CC1(C=O)CCCC1. The van der Waals surface area contributed by atoms with Gasteiger partial charge in [-0.05, 0) is 32.4 Å². The standard InChI is InChI=1S/C13H25NO/c1-3-5-10-14(4-2)11-13(12-15)8-6-7-9-13/h12H,3-11H2,1-2H3. The average Bonchev–Trinajstić information content (AvgIpc) is 2.73. The number of unbranched alkanes of at least 4 members (excludes halogenated alkanes) is 1. The van der Waals surface area contributed by atoms with E-state index in [1.54, 1.807) is 0 Å². The highest BCUT2D eigenvalue weighted by Crippen LogP contribution is 2.36. The number of hydrogen-bond acceptors (Lipinski definition) is 2. The topological polar surface area (TPSA) is 20.3 Å². The van der Waals surface area contributed by atoms with Gasteiger partial charge in [0.15, 0.2) is 0 Å². The smallest absolute Gasteiger partial charge is 0.127 e. The van der Waals surface area contributed by atoms with Crippen molar-refractivity contribution < 1.29 is 4.79 Å². The average molecular weight is 211 g/mol. The molecule has 0 saturated heterocycles. The lowest BCUT2D eigenvalue weighted by Crippen LogP contribution is -2.37. The third-order valence-corrected chi connectivity index (χ3v) is 3.66. The molecule has 0 atom stereocenters. The van der Waals surface area contributed by atoms with Gasteiger partial charge in [0.25, 0.3) is 0 Å². The molecule has 1 aliphatic rings. The van der Waals surface area contributed by atoms with E-state index in [0.717, 1.165) is 32.5 Å². The van der Waals surface area contributed by atoms with Crippen molar-refractivity contribution in [3.8, 4) is 0 Å². The fourth-order valence-corrected chi connectivity index (χ4v) is 2.57. The maximum atomic E-state index is 11.2. The molecule has 0 heterocycles. The minimum Gasteiger partial charge on any atom is -0.303 e. The lowest BCUT2D eigenvalue weighted by atomic mass is 9.87. The van der Waals surface area contributed by atoms with Crippen molar-refractivity contribution in [1.29, 1.82) is 0 Å². The Morgan fingerprint density at radius 2 is 1.93 bits per heavy atom. The second-order valence-corrected chi connectivity index (χ2v) is 4.91. The summed E-state index contributed by atoms with van der Waals surface area (Å²) in [5, 5.41) is 0. The molecule has 2 heteroatoms. The Morgan fingerprint density at radius 3 is 2.40 bits per heavy atom. The molecule has 15 heavy (non-hydrogen) atoms. The Labute approximate surface area is 94.0 Å². The van der Waals surface area contributed by atoms with Crippen LogP contribution in [0.1, 0.15) is 52.4 Å². The van der Waals surface area contributed by atoms with Crippen LogP contribution < -0.4 is 0 Å². The Morgan fingerprint density at radius 1 is 1.27 bits per heavy atom. The Hall–Kier alpha value is -0.370. The first-order valence-corrected chi connectivity index (χ1v) is 6.45. The van der Waals surface area contributed by atoms with Crippen molar-refractivity contribution in [1.82, 2.24) is 4.90 Å². The van der Waals surface area contributed by atoms with Gasteiger partial charge in [-0.25, -0.2) is 0 Å². The molecule has 0 unspecified atom stereocenters. The van der Waals surface area contributed by atoms with E-state index in [1.165, 1.54) is 32.0 Å². The molecule has 2 nitrogen and oxygen atoms in total. The molecule has 0 bridgehead atoms. The van der Waals surface area contributed by atoms with Crippen LogP contribution in [0.2, 0.25) is 0 Å². The minimum absolute atomic E-state index is 0.00372. The van der Waals surface area contributed by atoms with Crippen LogP contribution in [0, 0.1) is 5.41 Å². The van der Waals surface area contributed by atoms with E-state index >= 15 is 0 Å². The number of hydrogen-bond donors (Lipinski definition) is 0. The quantitative estimate of drug-likeness (QED) is 0.603. The Bertz CT molecular complexity index is 185. The van der Waals surface area contributed by atoms with E-state index in [2.05, 4.69) is 18.7 Å². The number of rotatable bonds is 7. The molecule has 0 spiro atoms.